The first-order chi connectivity index (χ1) is 8.37. The van der Waals surface area contributed by atoms with E-state index in [9.17, 15) is 0 Å². The van der Waals surface area contributed by atoms with Gasteiger partial charge < -0.3 is 14.6 Å². The van der Waals surface area contributed by atoms with Gasteiger partial charge in [0.1, 0.15) is 0 Å². The lowest BCUT2D eigenvalue weighted by Crippen LogP contribution is -2.59. The number of aromatic amines is 1. The number of imidazole rings is 1. The number of H-pyrrole nitrogens is 1. The average molecular weight is 229 g/mol. The highest BCUT2D eigenvalue weighted by atomic mass is 16.5. The van der Waals surface area contributed by atoms with Crippen LogP contribution in [0.2, 0.25) is 0 Å². The number of nitrogens with one attached hydrogen (secondary N) is 1. The highest BCUT2D eigenvalue weighted by molar-refractivity contribution is 5.79. The van der Waals surface area contributed by atoms with E-state index >= 15 is 0 Å². The minimum atomic E-state index is 0.285. The fourth-order valence-electron chi connectivity index (χ4n) is 3.07. The van der Waals surface area contributed by atoms with Crippen LogP contribution in [-0.4, -0.2) is 35.3 Å². The van der Waals surface area contributed by atoms with E-state index in [1.54, 1.807) is 6.33 Å². The van der Waals surface area contributed by atoms with Gasteiger partial charge in [-0.15, -0.1) is 0 Å². The first-order valence-electron chi connectivity index (χ1n) is 6.16. The van der Waals surface area contributed by atoms with Crippen molar-refractivity contribution in [3.8, 4) is 0 Å². The summed E-state index contributed by atoms with van der Waals surface area (Å²) in [5.74, 6) is 0. The van der Waals surface area contributed by atoms with Crippen molar-refractivity contribution in [2.45, 2.75) is 18.4 Å². The van der Waals surface area contributed by atoms with Crippen LogP contribution < -0.4 is 4.90 Å². The number of anilines is 1. The van der Waals surface area contributed by atoms with E-state index in [1.807, 2.05) is 0 Å². The van der Waals surface area contributed by atoms with Gasteiger partial charge in [-0.05, 0) is 31.0 Å². The Hall–Kier alpha value is -1.55. The molecule has 0 saturated carbocycles. The fourth-order valence-corrected chi connectivity index (χ4v) is 3.07. The summed E-state index contributed by atoms with van der Waals surface area (Å²) in [7, 11) is 0. The minimum absolute atomic E-state index is 0.285. The van der Waals surface area contributed by atoms with E-state index in [0.29, 0.717) is 0 Å². The quantitative estimate of drug-likeness (QED) is 0.812. The van der Waals surface area contributed by atoms with Gasteiger partial charge in [0.05, 0.1) is 36.1 Å². The predicted octanol–water partition coefficient (Wildman–Crippen LogP) is 1.93. The predicted molar refractivity (Wildman–Crippen MR) is 66.2 cm³/mol. The molecule has 0 amide bonds. The molecule has 1 spiro atoms. The Morgan fingerprint density at radius 1 is 1.35 bits per heavy atom. The van der Waals surface area contributed by atoms with Crippen LogP contribution in [0, 0.1) is 0 Å². The number of rotatable bonds is 1. The number of hydrogen-bond acceptors (Lipinski definition) is 3. The number of ether oxygens (including phenoxy) is 1. The van der Waals surface area contributed by atoms with Crippen molar-refractivity contribution in [1.82, 2.24) is 9.97 Å². The molecule has 1 N–H and O–H groups in total. The Balaban J connectivity index is 1.77. The smallest absolute Gasteiger partial charge is 0.0931 e. The topological polar surface area (TPSA) is 41.2 Å². The molecule has 2 saturated heterocycles. The molecule has 0 unspecified atom stereocenters. The summed E-state index contributed by atoms with van der Waals surface area (Å²) in [5.41, 5.74) is 3.73. The van der Waals surface area contributed by atoms with E-state index in [4.69, 9.17) is 4.74 Å². The standard InChI is InChI=1S/C13H15N3O/c1-4-13(7-17-8-13)16(5-1)10-2-3-11-12(6-10)15-9-14-11/h2-3,6,9H,1,4-5,7-8H2,(H,14,15). The van der Waals surface area contributed by atoms with Crippen LogP contribution in [0.5, 0.6) is 0 Å². The fraction of sp³-hybridized carbons (Fsp3) is 0.462. The zero-order chi connectivity index (χ0) is 11.3. The number of nitrogens with zero attached hydrogens (tertiary/aromatic N) is 2. The zero-order valence-corrected chi connectivity index (χ0v) is 9.65. The summed E-state index contributed by atoms with van der Waals surface area (Å²) in [6.45, 7) is 2.91. The van der Waals surface area contributed by atoms with E-state index in [1.165, 1.54) is 18.5 Å². The lowest BCUT2D eigenvalue weighted by molar-refractivity contribution is -0.0505. The summed E-state index contributed by atoms with van der Waals surface area (Å²) in [4.78, 5) is 9.95. The molecule has 3 heterocycles. The molecule has 1 aromatic carbocycles. The lowest BCUT2D eigenvalue weighted by atomic mass is 9.93. The third-order valence-corrected chi connectivity index (χ3v) is 4.05. The van der Waals surface area contributed by atoms with Gasteiger partial charge in [-0.25, -0.2) is 4.98 Å². The molecule has 17 heavy (non-hydrogen) atoms. The molecule has 0 radical (unpaired) electrons. The summed E-state index contributed by atoms with van der Waals surface area (Å²) >= 11 is 0. The van der Waals surface area contributed by atoms with Crippen molar-refractivity contribution in [3.63, 3.8) is 0 Å². The van der Waals surface area contributed by atoms with E-state index < -0.39 is 0 Å². The van der Waals surface area contributed by atoms with Crippen molar-refractivity contribution >= 4 is 16.7 Å². The maximum absolute atomic E-state index is 5.42. The second-order valence-corrected chi connectivity index (χ2v) is 5.08. The van der Waals surface area contributed by atoms with Gasteiger partial charge in [0.15, 0.2) is 0 Å². The zero-order valence-electron chi connectivity index (χ0n) is 9.65. The summed E-state index contributed by atoms with van der Waals surface area (Å²) < 4.78 is 5.42. The Morgan fingerprint density at radius 3 is 3.12 bits per heavy atom. The molecular weight excluding hydrogens is 214 g/mol. The Morgan fingerprint density at radius 2 is 2.29 bits per heavy atom. The average Bonchev–Trinajstić information content (AvgIpc) is 2.93. The van der Waals surface area contributed by atoms with E-state index in [-0.39, 0.29) is 5.54 Å². The third-order valence-electron chi connectivity index (χ3n) is 4.05. The molecule has 4 rings (SSSR count). The van der Waals surface area contributed by atoms with Crippen LogP contribution in [0.25, 0.3) is 11.0 Å². The van der Waals surface area contributed by atoms with Gasteiger partial charge in [-0.3, -0.25) is 0 Å². The molecule has 0 atom stereocenters. The summed E-state index contributed by atoms with van der Waals surface area (Å²) in [6, 6.07) is 6.47. The second-order valence-electron chi connectivity index (χ2n) is 5.08. The van der Waals surface area contributed by atoms with Crippen molar-refractivity contribution < 1.29 is 4.74 Å². The molecule has 1 aromatic heterocycles. The van der Waals surface area contributed by atoms with Crippen LogP contribution in [0.4, 0.5) is 5.69 Å². The maximum Gasteiger partial charge on any atom is 0.0931 e. The van der Waals surface area contributed by atoms with Gasteiger partial charge in [-0.2, -0.15) is 0 Å². The van der Waals surface area contributed by atoms with Gasteiger partial charge >= 0.3 is 0 Å². The summed E-state index contributed by atoms with van der Waals surface area (Å²) in [5, 5.41) is 0. The lowest BCUT2D eigenvalue weighted by Gasteiger charge is -2.46. The van der Waals surface area contributed by atoms with Crippen molar-refractivity contribution in [1.29, 1.82) is 0 Å². The molecule has 2 fully saturated rings. The maximum atomic E-state index is 5.42. The van der Waals surface area contributed by atoms with Crippen molar-refractivity contribution in [2.75, 3.05) is 24.7 Å². The highest BCUT2D eigenvalue weighted by Crippen LogP contribution is 2.39. The first kappa shape index (κ1) is 9.48. The van der Waals surface area contributed by atoms with Gasteiger partial charge in [0, 0.05) is 12.2 Å². The molecule has 2 aliphatic rings. The molecule has 4 nitrogen and oxygen atoms in total. The molecule has 88 valence electrons. The van der Waals surface area contributed by atoms with Crippen LogP contribution in [0.15, 0.2) is 24.5 Å². The Kier molecular flexibility index (Phi) is 1.80. The van der Waals surface area contributed by atoms with Crippen molar-refractivity contribution in [2.24, 2.45) is 0 Å². The summed E-state index contributed by atoms with van der Waals surface area (Å²) in [6.07, 6.45) is 4.28. The molecule has 0 bridgehead atoms. The van der Waals surface area contributed by atoms with Gasteiger partial charge in [0.25, 0.3) is 0 Å². The van der Waals surface area contributed by atoms with Crippen molar-refractivity contribution in [3.05, 3.63) is 24.5 Å². The first-order valence-corrected chi connectivity index (χ1v) is 6.16. The van der Waals surface area contributed by atoms with Gasteiger partial charge in [0.2, 0.25) is 0 Å². The Labute approximate surface area is 99.6 Å². The third kappa shape index (κ3) is 1.24. The van der Waals surface area contributed by atoms with Crippen LogP contribution >= 0.6 is 0 Å². The monoisotopic (exact) mass is 229 g/mol. The highest BCUT2D eigenvalue weighted by Gasteiger charge is 2.47. The minimum Gasteiger partial charge on any atom is -0.376 e. The number of hydrogen-bond donors (Lipinski definition) is 1. The largest absolute Gasteiger partial charge is 0.376 e. The number of fused-ring (bicyclic) bond motifs is 1. The Bertz CT molecular complexity index is 559. The normalized spacial score (nSPS) is 22.2. The molecule has 4 heteroatoms. The van der Waals surface area contributed by atoms with Gasteiger partial charge in [-0.1, -0.05) is 0 Å². The molecular formula is C13H15N3O. The molecule has 0 aliphatic carbocycles. The second kappa shape index (κ2) is 3.23. The molecule has 2 aliphatic heterocycles. The van der Waals surface area contributed by atoms with E-state index in [0.717, 1.165) is 30.8 Å². The number of aromatic nitrogens is 2. The number of benzene rings is 1. The SMILES string of the molecule is c1nc2ccc(N3CCCC34COC4)cc2[nH]1. The molecule has 2 aromatic rings. The van der Waals surface area contributed by atoms with Crippen LogP contribution in [0.3, 0.4) is 0 Å². The van der Waals surface area contributed by atoms with Crippen LogP contribution in [0.1, 0.15) is 12.8 Å². The van der Waals surface area contributed by atoms with Crippen LogP contribution in [-0.2, 0) is 4.74 Å². The van der Waals surface area contributed by atoms with E-state index in [2.05, 4.69) is 33.1 Å².